The maximum Gasteiger partial charge on any atom is 0.373 e. The summed E-state index contributed by atoms with van der Waals surface area (Å²) in [4.78, 5) is 2.38. The summed E-state index contributed by atoms with van der Waals surface area (Å²) in [5.74, 6) is 0. The molecule has 0 atom stereocenters. The third kappa shape index (κ3) is 6.26. The van der Waals surface area contributed by atoms with Gasteiger partial charge in [0.25, 0.3) is 0 Å². The van der Waals surface area contributed by atoms with Gasteiger partial charge in [-0.15, -0.1) is 0 Å². The van der Waals surface area contributed by atoms with Crippen LogP contribution in [0.4, 0.5) is 0 Å². The van der Waals surface area contributed by atoms with Gasteiger partial charge in [-0.25, -0.2) is 0 Å². The maximum atomic E-state index is 6.60. The molecule has 1 rings (SSSR count). The molecular weight excluding hydrogens is 296 g/mol. The molecule has 0 saturated carbocycles. The Morgan fingerprint density at radius 3 is 1.64 bits per heavy atom. The molecule has 22 heavy (non-hydrogen) atoms. The Bertz CT molecular complexity index is 334. The van der Waals surface area contributed by atoms with Crippen molar-refractivity contribution in [3.8, 4) is 0 Å². The van der Waals surface area contributed by atoms with Crippen LogP contribution in [-0.4, -0.2) is 62.3 Å². The summed E-state index contributed by atoms with van der Waals surface area (Å²) in [6.45, 7) is 19.9. The van der Waals surface area contributed by atoms with Gasteiger partial charge < -0.3 is 19.3 Å². The number of hydrogen-bond donors (Lipinski definition) is 1. The van der Waals surface area contributed by atoms with Crippen molar-refractivity contribution in [1.82, 2.24) is 4.90 Å². The zero-order chi connectivity index (χ0) is 17.2. The van der Waals surface area contributed by atoms with Gasteiger partial charge in [0.15, 0.2) is 0 Å². The van der Waals surface area contributed by atoms with E-state index in [2.05, 4.69) is 46.4 Å². The Balaban J connectivity index is 3.12. The van der Waals surface area contributed by atoms with Gasteiger partial charge in [0, 0.05) is 19.3 Å². The molecule has 1 saturated heterocycles. The van der Waals surface area contributed by atoms with Crippen LogP contribution in [0.1, 0.15) is 55.4 Å². The van der Waals surface area contributed by atoms with E-state index in [4.69, 9.17) is 19.3 Å². The maximum absolute atomic E-state index is 6.60. The predicted molar refractivity (Wildman–Crippen MR) is 93.0 cm³/mol. The largest absolute Gasteiger partial charge is 0.387 e. The van der Waals surface area contributed by atoms with Crippen molar-refractivity contribution in [3.05, 3.63) is 0 Å². The van der Waals surface area contributed by atoms with Gasteiger partial charge in [-0.05, 0) is 55.4 Å². The molecule has 1 heterocycles. The zero-order valence-electron chi connectivity index (χ0n) is 15.8. The molecule has 5 nitrogen and oxygen atoms in total. The van der Waals surface area contributed by atoms with Gasteiger partial charge in [0.05, 0.1) is 29.6 Å². The minimum Gasteiger partial charge on any atom is -0.387 e. The van der Waals surface area contributed by atoms with Crippen LogP contribution in [0, 0.1) is 0 Å². The van der Waals surface area contributed by atoms with Crippen molar-refractivity contribution < 1.29 is 13.6 Å². The minimum absolute atomic E-state index is 0.291. The van der Waals surface area contributed by atoms with Gasteiger partial charge in [-0.3, -0.25) is 4.90 Å². The van der Waals surface area contributed by atoms with Crippen LogP contribution in [-0.2, 0) is 13.6 Å². The molecule has 0 spiro atoms. The quantitative estimate of drug-likeness (QED) is 0.782. The first kappa shape index (κ1) is 20.1. The summed E-state index contributed by atoms with van der Waals surface area (Å²) >= 11 is 0. The van der Waals surface area contributed by atoms with Crippen LogP contribution in [0.5, 0.6) is 0 Å². The number of nitrogens with two attached hydrogens (primary N) is 1. The standard InChI is InChI=1S/C16H36N2O3Si/c1-14(2,3)20-22(16(7,8)17,21-15(4,5)6)13-18-9-11-19-12-10-18/h9-13,17H2,1-8H3. The van der Waals surface area contributed by atoms with Crippen LogP contribution < -0.4 is 5.73 Å². The molecule has 1 aliphatic heterocycles. The number of nitrogens with zero attached hydrogens (tertiary/aromatic N) is 1. The highest BCUT2D eigenvalue weighted by Gasteiger charge is 2.55. The van der Waals surface area contributed by atoms with Crippen LogP contribution >= 0.6 is 0 Å². The van der Waals surface area contributed by atoms with E-state index in [9.17, 15) is 0 Å². The number of ether oxygens (including phenoxy) is 1. The average molecular weight is 333 g/mol. The Hall–Kier alpha value is 0.0169. The van der Waals surface area contributed by atoms with E-state index in [0.717, 1.165) is 32.5 Å². The normalized spacial score (nSPS) is 19.5. The van der Waals surface area contributed by atoms with E-state index >= 15 is 0 Å². The number of morpholine rings is 1. The Morgan fingerprint density at radius 2 is 1.32 bits per heavy atom. The fourth-order valence-corrected chi connectivity index (χ4v) is 6.58. The fraction of sp³-hybridized carbons (Fsp3) is 1.00. The van der Waals surface area contributed by atoms with Crippen molar-refractivity contribution in [1.29, 1.82) is 0 Å². The first-order valence-electron chi connectivity index (χ1n) is 8.23. The molecule has 0 radical (unpaired) electrons. The van der Waals surface area contributed by atoms with Crippen molar-refractivity contribution in [3.63, 3.8) is 0 Å². The molecule has 0 aromatic heterocycles. The van der Waals surface area contributed by atoms with E-state index < -0.39 is 13.7 Å². The molecular formula is C16H36N2O3Si. The van der Waals surface area contributed by atoms with E-state index in [0.29, 0.717) is 0 Å². The van der Waals surface area contributed by atoms with E-state index in [-0.39, 0.29) is 11.2 Å². The summed E-state index contributed by atoms with van der Waals surface area (Å²) in [5, 5.41) is -0.508. The number of rotatable bonds is 5. The zero-order valence-corrected chi connectivity index (χ0v) is 16.8. The van der Waals surface area contributed by atoms with Gasteiger partial charge in [-0.2, -0.15) is 0 Å². The smallest absolute Gasteiger partial charge is 0.373 e. The second kappa shape index (κ2) is 6.87. The summed E-state index contributed by atoms with van der Waals surface area (Å²) in [6, 6.07) is 0. The highest BCUT2D eigenvalue weighted by Crippen LogP contribution is 2.31. The van der Waals surface area contributed by atoms with Crippen molar-refractivity contribution in [2.75, 3.05) is 32.5 Å². The van der Waals surface area contributed by atoms with Gasteiger partial charge in [0.2, 0.25) is 0 Å². The molecule has 1 aliphatic rings. The first-order valence-corrected chi connectivity index (χ1v) is 10.3. The van der Waals surface area contributed by atoms with E-state index in [1.54, 1.807) is 0 Å². The average Bonchev–Trinajstić information content (AvgIpc) is 2.23. The molecule has 6 heteroatoms. The van der Waals surface area contributed by atoms with Gasteiger partial charge in [-0.1, -0.05) is 0 Å². The third-order valence-corrected chi connectivity index (χ3v) is 8.17. The van der Waals surface area contributed by atoms with E-state index in [1.165, 1.54) is 0 Å². The van der Waals surface area contributed by atoms with E-state index in [1.807, 2.05) is 13.8 Å². The van der Waals surface area contributed by atoms with Crippen molar-refractivity contribution in [2.24, 2.45) is 5.73 Å². The molecule has 0 unspecified atom stereocenters. The summed E-state index contributed by atoms with van der Waals surface area (Å²) in [7, 11) is -2.71. The lowest BCUT2D eigenvalue weighted by Gasteiger charge is -2.49. The SMILES string of the molecule is CC(C)(C)O[Si](CN1CCOCC1)(OC(C)(C)C)C(C)(C)N. The lowest BCUT2D eigenvalue weighted by molar-refractivity contribution is -0.0145. The van der Waals surface area contributed by atoms with Crippen LogP contribution in [0.15, 0.2) is 0 Å². The van der Waals surface area contributed by atoms with Gasteiger partial charge >= 0.3 is 8.56 Å². The Kier molecular flexibility index (Phi) is 6.26. The van der Waals surface area contributed by atoms with Crippen LogP contribution in [0.3, 0.4) is 0 Å². The second-order valence-electron chi connectivity index (χ2n) is 8.79. The molecule has 0 aromatic carbocycles. The Morgan fingerprint density at radius 1 is 0.909 bits per heavy atom. The minimum atomic E-state index is -2.71. The summed E-state index contributed by atoms with van der Waals surface area (Å²) in [5.41, 5.74) is 6.02. The lowest BCUT2D eigenvalue weighted by Crippen LogP contribution is -2.73. The van der Waals surface area contributed by atoms with Crippen molar-refractivity contribution >= 4 is 8.56 Å². The summed E-state index contributed by atoms with van der Waals surface area (Å²) in [6.07, 6.45) is 0.772. The molecule has 2 N–H and O–H groups in total. The third-order valence-electron chi connectivity index (χ3n) is 3.46. The topological polar surface area (TPSA) is 57.0 Å². The molecule has 1 fully saturated rings. The van der Waals surface area contributed by atoms with Gasteiger partial charge in [0.1, 0.15) is 0 Å². The van der Waals surface area contributed by atoms with Crippen LogP contribution in [0.2, 0.25) is 0 Å². The second-order valence-corrected chi connectivity index (χ2v) is 12.3. The fourth-order valence-electron chi connectivity index (χ4n) is 2.60. The summed E-state index contributed by atoms with van der Waals surface area (Å²) < 4.78 is 18.6. The monoisotopic (exact) mass is 332 g/mol. The Labute approximate surface area is 137 Å². The highest BCUT2D eigenvalue weighted by molar-refractivity contribution is 6.71. The molecule has 0 amide bonds. The first-order chi connectivity index (χ1) is 9.74. The lowest BCUT2D eigenvalue weighted by atomic mass is 10.2. The molecule has 0 aliphatic carbocycles. The molecule has 0 bridgehead atoms. The van der Waals surface area contributed by atoms with Crippen molar-refractivity contribution in [2.45, 2.75) is 71.8 Å². The van der Waals surface area contributed by atoms with Crippen LogP contribution in [0.25, 0.3) is 0 Å². The number of hydrogen-bond acceptors (Lipinski definition) is 5. The molecule has 132 valence electrons. The predicted octanol–water partition coefficient (Wildman–Crippen LogP) is 2.21. The highest BCUT2D eigenvalue weighted by atomic mass is 28.4. The molecule has 0 aromatic rings.